The van der Waals surface area contributed by atoms with E-state index in [1.165, 1.54) is 0 Å². The highest BCUT2D eigenvalue weighted by Crippen LogP contribution is 2.22. The SMILES string of the molecule is Brc1nc(-c2ccccc2)nc(-c2ccccc2)n1.Brc1nc(-c2ccccc2)nc(-c2ccccc2)n1. The molecule has 0 bridgehead atoms. The maximum atomic E-state index is 4.52. The summed E-state index contributed by atoms with van der Waals surface area (Å²) in [5, 5.41) is 0. The summed E-state index contributed by atoms with van der Waals surface area (Å²) < 4.78 is 1.08. The minimum absolute atomic E-state index is 0.542. The van der Waals surface area contributed by atoms with Gasteiger partial charge < -0.3 is 0 Å². The number of benzene rings is 4. The third-order valence-electron chi connectivity index (χ3n) is 5.34. The molecule has 2 heterocycles. The first-order chi connectivity index (χ1) is 18.7. The quantitative estimate of drug-likeness (QED) is 0.198. The predicted molar refractivity (Wildman–Crippen MR) is 157 cm³/mol. The minimum Gasteiger partial charge on any atom is -0.208 e. The molecule has 6 aromatic rings. The van der Waals surface area contributed by atoms with Gasteiger partial charge in [-0.15, -0.1) is 0 Å². The maximum Gasteiger partial charge on any atom is 0.200 e. The lowest BCUT2D eigenvalue weighted by molar-refractivity contribution is 1.03. The molecule has 4 aromatic carbocycles. The summed E-state index contributed by atoms with van der Waals surface area (Å²) in [5.41, 5.74) is 3.90. The first-order valence-corrected chi connectivity index (χ1v) is 13.3. The topological polar surface area (TPSA) is 77.3 Å². The molecule has 8 heteroatoms. The van der Waals surface area contributed by atoms with Crippen molar-refractivity contribution in [1.29, 1.82) is 0 Å². The Labute approximate surface area is 237 Å². The normalized spacial score (nSPS) is 10.4. The van der Waals surface area contributed by atoms with Crippen LogP contribution in [0.15, 0.2) is 131 Å². The van der Waals surface area contributed by atoms with Crippen molar-refractivity contribution >= 4 is 31.9 Å². The fraction of sp³-hybridized carbons (Fsp3) is 0. The van der Waals surface area contributed by atoms with Crippen LogP contribution in [0.2, 0.25) is 0 Å². The molecule has 0 N–H and O–H groups in total. The van der Waals surface area contributed by atoms with Crippen LogP contribution in [0, 0.1) is 0 Å². The molecular formula is C30H20Br2N6. The van der Waals surface area contributed by atoms with Gasteiger partial charge in [0.2, 0.25) is 9.47 Å². The van der Waals surface area contributed by atoms with Crippen LogP contribution in [0.4, 0.5) is 0 Å². The lowest BCUT2D eigenvalue weighted by Gasteiger charge is -2.04. The van der Waals surface area contributed by atoms with Gasteiger partial charge in [-0.05, 0) is 31.9 Å². The van der Waals surface area contributed by atoms with Gasteiger partial charge in [-0.3, -0.25) is 0 Å². The van der Waals surface area contributed by atoms with Gasteiger partial charge in [-0.2, -0.15) is 0 Å². The molecule has 6 rings (SSSR count). The summed E-state index contributed by atoms with van der Waals surface area (Å²) in [6.45, 7) is 0. The van der Waals surface area contributed by atoms with Crippen LogP contribution < -0.4 is 0 Å². The van der Waals surface area contributed by atoms with Crippen molar-refractivity contribution in [2.75, 3.05) is 0 Å². The fourth-order valence-electron chi connectivity index (χ4n) is 3.57. The predicted octanol–water partition coefficient (Wildman–Crippen LogP) is 7.94. The Hall–Kier alpha value is -4.14. The monoisotopic (exact) mass is 622 g/mol. The highest BCUT2D eigenvalue weighted by Gasteiger charge is 2.09. The van der Waals surface area contributed by atoms with E-state index in [2.05, 4.69) is 61.8 Å². The Morgan fingerprint density at radius 3 is 0.711 bits per heavy atom. The van der Waals surface area contributed by atoms with E-state index in [1.807, 2.05) is 121 Å². The molecule has 0 radical (unpaired) electrons. The van der Waals surface area contributed by atoms with Gasteiger partial charge in [0.1, 0.15) is 0 Å². The number of hydrogen-bond donors (Lipinski definition) is 0. The van der Waals surface area contributed by atoms with Crippen molar-refractivity contribution in [3.63, 3.8) is 0 Å². The van der Waals surface area contributed by atoms with Crippen LogP contribution in [-0.2, 0) is 0 Å². The summed E-state index contributed by atoms with van der Waals surface area (Å²) in [7, 11) is 0. The van der Waals surface area contributed by atoms with Gasteiger partial charge in [-0.1, -0.05) is 121 Å². The second kappa shape index (κ2) is 12.4. The molecule has 0 aliphatic heterocycles. The van der Waals surface area contributed by atoms with Crippen molar-refractivity contribution in [3.05, 3.63) is 131 Å². The second-order valence-electron chi connectivity index (χ2n) is 7.97. The van der Waals surface area contributed by atoms with E-state index >= 15 is 0 Å². The fourth-order valence-corrected chi connectivity index (χ4v) is 4.24. The van der Waals surface area contributed by atoms with Crippen molar-refractivity contribution in [2.45, 2.75) is 0 Å². The van der Waals surface area contributed by atoms with E-state index < -0.39 is 0 Å². The van der Waals surface area contributed by atoms with Crippen LogP contribution in [-0.4, -0.2) is 29.9 Å². The third-order valence-corrected chi connectivity index (χ3v) is 6.05. The van der Waals surface area contributed by atoms with E-state index in [0.29, 0.717) is 32.8 Å². The number of rotatable bonds is 4. The highest BCUT2D eigenvalue weighted by atomic mass is 79.9. The number of halogens is 2. The third kappa shape index (κ3) is 6.59. The molecular weight excluding hydrogens is 604 g/mol. The standard InChI is InChI=1S/2C15H10BrN3/c2*16-15-18-13(11-7-3-1-4-8-11)17-14(19-15)12-9-5-2-6-10-12/h2*1-10H. The Kier molecular flexibility index (Phi) is 8.32. The first-order valence-electron chi connectivity index (χ1n) is 11.7. The molecule has 38 heavy (non-hydrogen) atoms. The molecule has 0 saturated heterocycles. The van der Waals surface area contributed by atoms with Crippen LogP contribution in [0.5, 0.6) is 0 Å². The molecule has 2 aromatic heterocycles. The zero-order chi connectivity index (χ0) is 26.2. The number of aromatic nitrogens is 6. The van der Waals surface area contributed by atoms with E-state index in [9.17, 15) is 0 Å². The average molecular weight is 624 g/mol. The van der Waals surface area contributed by atoms with Crippen molar-refractivity contribution in [2.24, 2.45) is 0 Å². The van der Waals surface area contributed by atoms with Gasteiger partial charge in [-0.25, -0.2) is 29.9 Å². The Bertz CT molecular complexity index is 1380. The molecule has 0 unspecified atom stereocenters. The van der Waals surface area contributed by atoms with Crippen LogP contribution >= 0.6 is 31.9 Å². The Morgan fingerprint density at radius 1 is 0.289 bits per heavy atom. The molecule has 0 spiro atoms. The van der Waals surface area contributed by atoms with Gasteiger partial charge in [0.05, 0.1) is 0 Å². The van der Waals surface area contributed by atoms with E-state index in [-0.39, 0.29) is 0 Å². The molecule has 184 valence electrons. The second-order valence-corrected chi connectivity index (χ2v) is 9.39. The van der Waals surface area contributed by atoms with Crippen LogP contribution in [0.3, 0.4) is 0 Å². The molecule has 0 aliphatic rings. The van der Waals surface area contributed by atoms with Crippen molar-refractivity contribution < 1.29 is 0 Å². The van der Waals surface area contributed by atoms with E-state index in [4.69, 9.17) is 0 Å². The summed E-state index contributed by atoms with van der Waals surface area (Å²) >= 11 is 6.69. The minimum atomic E-state index is 0.542. The zero-order valence-electron chi connectivity index (χ0n) is 20.0. The molecule has 0 amide bonds. The zero-order valence-corrected chi connectivity index (χ0v) is 23.2. The average Bonchev–Trinajstić information content (AvgIpc) is 2.99. The molecule has 0 saturated carbocycles. The van der Waals surface area contributed by atoms with Crippen molar-refractivity contribution in [1.82, 2.24) is 29.9 Å². The lowest BCUT2D eigenvalue weighted by Crippen LogP contribution is -1.97. The molecule has 0 fully saturated rings. The smallest absolute Gasteiger partial charge is 0.200 e. The largest absolute Gasteiger partial charge is 0.208 e. The summed E-state index contributed by atoms with van der Waals surface area (Å²) in [5.74, 6) is 2.67. The maximum absolute atomic E-state index is 4.52. The van der Waals surface area contributed by atoms with Gasteiger partial charge in [0, 0.05) is 22.3 Å². The van der Waals surface area contributed by atoms with Gasteiger partial charge in [0.15, 0.2) is 23.3 Å². The van der Waals surface area contributed by atoms with Crippen LogP contribution in [0.1, 0.15) is 0 Å². The van der Waals surface area contributed by atoms with Gasteiger partial charge >= 0.3 is 0 Å². The highest BCUT2D eigenvalue weighted by molar-refractivity contribution is 9.10. The van der Waals surface area contributed by atoms with E-state index in [0.717, 1.165) is 22.3 Å². The van der Waals surface area contributed by atoms with Crippen molar-refractivity contribution in [3.8, 4) is 45.6 Å². The summed E-state index contributed by atoms with van der Waals surface area (Å²) in [4.78, 5) is 26.3. The molecule has 0 atom stereocenters. The Balaban J connectivity index is 0.000000155. The van der Waals surface area contributed by atoms with Gasteiger partial charge in [0.25, 0.3) is 0 Å². The first kappa shape index (κ1) is 25.5. The molecule has 6 nitrogen and oxygen atoms in total. The lowest BCUT2D eigenvalue weighted by atomic mass is 10.2. The van der Waals surface area contributed by atoms with E-state index in [1.54, 1.807) is 0 Å². The number of nitrogens with zero attached hydrogens (tertiary/aromatic N) is 6. The van der Waals surface area contributed by atoms with Crippen LogP contribution in [0.25, 0.3) is 45.6 Å². The summed E-state index contributed by atoms with van der Waals surface area (Å²) in [6, 6.07) is 39.5. The Morgan fingerprint density at radius 2 is 0.500 bits per heavy atom. The number of hydrogen-bond acceptors (Lipinski definition) is 6. The molecule has 0 aliphatic carbocycles. The summed E-state index contributed by atoms with van der Waals surface area (Å²) in [6.07, 6.45) is 0.